The highest BCUT2D eigenvalue weighted by Crippen LogP contribution is 2.46. The summed E-state index contributed by atoms with van der Waals surface area (Å²) in [6.45, 7) is 2.14. The largest absolute Gasteiger partial charge is 0.140 e. The van der Waals surface area contributed by atoms with E-state index < -0.39 is 0 Å². The average Bonchev–Trinajstić information content (AvgIpc) is 2.20. The Morgan fingerprint density at radius 2 is 1.69 bits per heavy atom. The van der Waals surface area contributed by atoms with Gasteiger partial charge < -0.3 is 0 Å². The fraction of sp³-hybridized carbons (Fsp3) is 0.400. The van der Waals surface area contributed by atoms with Crippen molar-refractivity contribution < 1.29 is 0 Å². The smallest absolute Gasteiger partial charge is 0.0767 e. The first-order valence-corrected chi connectivity index (χ1v) is 7.49. The van der Waals surface area contributed by atoms with Crippen LogP contribution >= 0.6 is 35.3 Å². The number of thioether (sulfide) groups is 3. The molecule has 1 saturated heterocycles. The summed E-state index contributed by atoms with van der Waals surface area (Å²) in [4.78, 5) is 0. The molecule has 0 atom stereocenters. The van der Waals surface area contributed by atoms with Crippen LogP contribution in [0, 0.1) is 6.92 Å². The third-order valence-electron chi connectivity index (χ3n) is 1.96. The Hall–Kier alpha value is 0.270. The maximum absolute atomic E-state index is 2.26. The maximum atomic E-state index is 2.26. The highest BCUT2D eigenvalue weighted by molar-refractivity contribution is 8.32. The van der Waals surface area contributed by atoms with Gasteiger partial charge in [0.25, 0.3) is 0 Å². The zero-order valence-electron chi connectivity index (χ0n) is 7.53. The highest BCUT2D eigenvalue weighted by atomic mass is 32.3. The normalized spacial score (nSPS) is 18.8. The average molecular weight is 228 g/mol. The van der Waals surface area contributed by atoms with Crippen LogP contribution < -0.4 is 0 Å². The van der Waals surface area contributed by atoms with Crippen molar-refractivity contribution in [3.05, 3.63) is 35.4 Å². The van der Waals surface area contributed by atoms with Crippen LogP contribution in [0.4, 0.5) is 0 Å². The fourth-order valence-corrected chi connectivity index (χ4v) is 5.95. The summed E-state index contributed by atoms with van der Waals surface area (Å²) in [6, 6.07) is 8.93. The number of hydrogen-bond donors (Lipinski definition) is 0. The number of rotatable bonds is 1. The maximum Gasteiger partial charge on any atom is 0.0767 e. The molecule has 1 aliphatic heterocycles. The molecule has 70 valence electrons. The van der Waals surface area contributed by atoms with Crippen molar-refractivity contribution in [2.24, 2.45) is 0 Å². The van der Waals surface area contributed by atoms with Gasteiger partial charge in [-0.1, -0.05) is 29.8 Å². The summed E-state index contributed by atoms with van der Waals surface area (Å²) in [5, 5.41) is 2.48. The van der Waals surface area contributed by atoms with Gasteiger partial charge in [0.15, 0.2) is 0 Å². The zero-order chi connectivity index (χ0) is 9.10. The molecular weight excluding hydrogens is 216 g/mol. The van der Waals surface area contributed by atoms with Crippen LogP contribution in [0.3, 0.4) is 0 Å². The summed E-state index contributed by atoms with van der Waals surface area (Å²) >= 11 is 6.12. The van der Waals surface area contributed by atoms with Gasteiger partial charge >= 0.3 is 0 Å². The third-order valence-corrected chi connectivity index (χ3v) is 6.34. The van der Waals surface area contributed by atoms with E-state index in [0.717, 1.165) is 0 Å². The van der Waals surface area contributed by atoms with Gasteiger partial charge in [0.1, 0.15) is 0 Å². The second kappa shape index (κ2) is 4.67. The molecule has 13 heavy (non-hydrogen) atoms. The molecule has 2 rings (SSSR count). The first-order valence-electron chi connectivity index (χ1n) is 4.24. The molecular formula is C10H12S3. The first-order chi connectivity index (χ1) is 6.36. The molecule has 0 spiro atoms. The Labute approximate surface area is 92.3 Å². The van der Waals surface area contributed by atoms with Crippen LogP contribution in [-0.4, -0.2) is 10.2 Å². The van der Waals surface area contributed by atoms with Crippen LogP contribution in [0.25, 0.3) is 0 Å². The van der Waals surface area contributed by atoms with Crippen molar-refractivity contribution >= 4 is 35.3 Å². The van der Waals surface area contributed by atoms with Crippen LogP contribution in [-0.2, 0) is 0 Å². The minimum Gasteiger partial charge on any atom is -0.140 e. The van der Waals surface area contributed by atoms with Crippen molar-refractivity contribution in [2.75, 3.05) is 10.2 Å². The second-order valence-corrected chi connectivity index (χ2v) is 7.22. The monoisotopic (exact) mass is 228 g/mol. The van der Waals surface area contributed by atoms with Crippen LogP contribution in [0.15, 0.2) is 24.3 Å². The summed E-state index contributed by atoms with van der Waals surface area (Å²) < 4.78 is 0.668. The summed E-state index contributed by atoms with van der Waals surface area (Å²) in [6.07, 6.45) is 0. The van der Waals surface area contributed by atoms with E-state index in [1.165, 1.54) is 21.3 Å². The van der Waals surface area contributed by atoms with E-state index in [1.54, 1.807) is 0 Å². The van der Waals surface area contributed by atoms with Gasteiger partial charge in [-0.05, 0) is 12.5 Å². The zero-order valence-corrected chi connectivity index (χ0v) is 9.98. The molecule has 1 aromatic rings. The fourth-order valence-electron chi connectivity index (χ4n) is 1.22. The lowest BCUT2D eigenvalue weighted by atomic mass is 10.2. The lowest BCUT2D eigenvalue weighted by molar-refractivity contribution is 1.34. The van der Waals surface area contributed by atoms with Crippen molar-refractivity contribution in [3.8, 4) is 0 Å². The van der Waals surface area contributed by atoms with Gasteiger partial charge in [0.05, 0.1) is 4.58 Å². The minimum atomic E-state index is 0.668. The third kappa shape index (κ3) is 2.61. The molecule has 1 aromatic carbocycles. The predicted molar refractivity (Wildman–Crippen MR) is 66.4 cm³/mol. The van der Waals surface area contributed by atoms with E-state index in [-0.39, 0.29) is 0 Å². The lowest BCUT2D eigenvalue weighted by Crippen LogP contribution is -1.95. The highest BCUT2D eigenvalue weighted by Gasteiger charge is 2.15. The molecule has 0 aliphatic carbocycles. The molecule has 0 aromatic heterocycles. The van der Waals surface area contributed by atoms with E-state index >= 15 is 0 Å². The second-order valence-electron chi connectivity index (χ2n) is 3.02. The predicted octanol–water partition coefficient (Wildman–Crippen LogP) is 4.12. The Balaban J connectivity index is 2.10. The Bertz CT molecular complexity index is 262. The molecule has 0 nitrogen and oxygen atoms in total. The Kier molecular flexibility index (Phi) is 3.52. The summed E-state index contributed by atoms with van der Waals surface area (Å²) in [7, 11) is 0. The van der Waals surface area contributed by atoms with Crippen molar-refractivity contribution in [2.45, 2.75) is 11.5 Å². The number of hydrogen-bond acceptors (Lipinski definition) is 3. The molecule has 0 unspecified atom stereocenters. The van der Waals surface area contributed by atoms with Crippen molar-refractivity contribution in [1.29, 1.82) is 0 Å². The molecule has 1 aliphatic rings. The first kappa shape index (κ1) is 9.81. The SMILES string of the molecule is Cc1ccc(C2SCSCS2)cc1. The minimum absolute atomic E-state index is 0.668. The molecule has 0 radical (unpaired) electrons. The van der Waals surface area contributed by atoms with Crippen molar-refractivity contribution in [1.82, 2.24) is 0 Å². The van der Waals surface area contributed by atoms with E-state index in [2.05, 4.69) is 31.2 Å². The molecule has 3 heteroatoms. The van der Waals surface area contributed by atoms with Gasteiger partial charge in [-0.3, -0.25) is 0 Å². The van der Waals surface area contributed by atoms with Crippen molar-refractivity contribution in [3.63, 3.8) is 0 Å². The van der Waals surface area contributed by atoms with E-state index in [4.69, 9.17) is 0 Å². The molecule has 1 fully saturated rings. The molecule has 0 bridgehead atoms. The van der Waals surface area contributed by atoms with E-state index in [9.17, 15) is 0 Å². The topological polar surface area (TPSA) is 0 Å². The van der Waals surface area contributed by atoms with E-state index in [1.807, 2.05) is 35.3 Å². The van der Waals surface area contributed by atoms with E-state index in [0.29, 0.717) is 4.58 Å². The van der Waals surface area contributed by atoms with Gasteiger partial charge in [0, 0.05) is 10.2 Å². The number of benzene rings is 1. The quantitative estimate of drug-likeness (QED) is 0.709. The van der Waals surface area contributed by atoms with Crippen LogP contribution in [0.1, 0.15) is 15.7 Å². The Morgan fingerprint density at radius 3 is 2.31 bits per heavy atom. The van der Waals surface area contributed by atoms with Crippen LogP contribution in [0.5, 0.6) is 0 Å². The lowest BCUT2D eigenvalue weighted by Gasteiger charge is -2.20. The molecule has 1 heterocycles. The van der Waals surface area contributed by atoms with Gasteiger partial charge in [-0.25, -0.2) is 0 Å². The van der Waals surface area contributed by atoms with Gasteiger partial charge in [0.2, 0.25) is 0 Å². The molecule has 0 amide bonds. The molecule has 0 saturated carbocycles. The number of aryl methyl sites for hydroxylation is 1. The Morgan fingerprint density at radius 1 is 1.08 bits per heavy atom. The van der Waals surface area contributed by atoms with Gasteiger partial charge in [-0.15, -0.1) is 35.3 Å². The standard InChI is InChI=1S/C10H12S3/c1-8-2-4-9(5-3-8)10-12-6-11-7-13-10/h2-5,10H,6-7H2,1H3. The molecule has 0 N–H and O–H groups in total. The van der Waals surface area contributed by atoms with Gasteiger partial charge in [-0.2, -0.15) is 0 Å². The van der Waals surface area contributed by atoms with Crippen LogP contribution in [0.2, 0.25) is 0 Å². The summed E-state index contributed by atoms with van der Waals surface area (Å²) in [5.41, 5.74) is 2.82. The summed E-state index contributed by atoms with van der Waals surface area (Å²) in [5.74, 6) is 0.